The lowest BCUT2D eigenvalue weighted by molar-refractivity contribution is -0.132. The van der Waals surface area contributed by atoms with Gasteiger partial charge in [0.2, 0.25) is 5.91 Å². The number of carbonyl (C=O) groups is 2. The summed E-state index contributed by atoms with van der Waals surface area (Å²) in [6, 6.07) is 17.4. The highest BCUT2D eigenvalue weighted by Crippen LogP contribution is 2.24. The Hall–Kier alpha value is -2.92. The second-order valence-corrected chi connectivity index (χ2v) is 7.98. The van der Waals surface area contributed by atoms with Crippen LogP contribution in [0.3, 0.4) is 0 Å². The number of halogens is 1. The fourth-order valence-electron chi connectivity index (χ4n) is 3.89. The molecule has 0 unspecified atom stereocenters. The van der Waals surface area contributed by atoms with Crippen molar-refractivity contribution >= 4 is 34.3 Å². The van der Waals surface area contributed by atoms with Gasteiger partial charge in [0, 0.05) is 49.2 Å². The molecule has 0 atom stereocenters. The van der Waals surface area contributed by atoms with Crippen molar-refractivity contribution in [2.24, 2.45) is 0 Å². The molecule has 0 N–H and O–H groups in total. The van der Waals surface area contributed by atoms with Crippen LogP contribution in [0.4, 0.5) is 0 Å². The van der Waals surface area contributed by atoms with Gasteiger partial charge in [0.05, 0.1) is 11.1 Å². The fraction of sp³-hybridized carbons (Fsp3) is 0.292. The SMILES string of the molecule is O=C(CCCc1ccccc1)N1CCN(C(=O)c2cc(Cl)cc3cccnc23)CC1. The van der Waals surface area contributed by atoms with Gasteiger partial charge in [-0.2, -0.15) is 0 Å². The van der Waals surface area contributed by atoms with E-state index in [-0.39, 0.29) is 11.8 Å². The van der Waals surface area contributed by atoms with E-state index >= 15 is 0 Å². The highest BCUT2D eigenvalue weighted by Gasteiger charge is 2.26. The first kappa shape index (κ1) is 20.4. The molecule has 2 amide bonds. The Balaban J connectivity index is 1.33. The molecular formula is C24H24ClN3O2. The van der Waals surface area contributed by atoms with Crippen LogP contribution in [0, 0.1) is 0 Å². The highest BCUT2D eigenvalue weighted by atomic mass is 35.5. The van der Waals surface area contributed by atoms with Gasteiger partial charge < -0.3 is 9.80 Å². The summed E-state index contributed by atoms with van der Waals surface area (Å²) in [5, 5.41) is 1.37. The van der Waals surface area contributed by atoms with Crippen LogP contribution in [0.15, 0.2) is 60.8 Å². The van der Waals surface area contributed by atoms with Crippen LogP contribution in [0.5, 0.6) is 0 Å². The third kappa shape index (κ3) is 4.62. The maximum atomic E-state index is 13.1. The molecule has 3 aromatic rings. The number of pyridine rings is 1. The number of aromatic nitrogens is 1. The van der Waals surface area contributed by atoms with Crippen molar-refractivity contribution in [3.63, 3.8) is 0 Å². The topological polar surface area (TPSA) is 53.5 Å². The minimum Gasteiger partial charge on any atom is -0.339 e. The van der Waals surface area contributed by atoms with E-state index < -0.39 is 0 Å². The average molecular weight is 422 g/mol. The molecule has 0 spiro atoms. The number of piperazine rings is 1. The van der Waals surface area contributed by atoms with Crippen LogP contribution in [0.25, 0.3) is 10.9 Å². The fourth-order valence-corrected chi connectivity index (χ4v) is 4.12. The Morgan fingerprint density at radius 3 is 2.43 bits per heavy atom. The van der Waals surface area contributed by atoms with Gasteiger partial charge in [-0.1, -0.05) is 48.0 Å². The van der Waals surface area contributed by atoms with Crippen LogP contribution in [0.1, 0.15) is 28.8 Å². The first-order valence-corrected chi connectivity index (χ1v) is 10.6. The molecule has 1 aliphatic heterocycles. The summed E-state index contributed by atoms with van der Waals surface area (Å²) in [6.07, 6.45) is 3.95. The second-order valence-electron chi connectivity index (χ2n) is 7.54. The minimum absolute atomic E-state index is 0.0858. The van der Waals surface area contributed by atoms with E-state index in [0.717, 1.165) is 18.2 Å². The highest BCUT2D eigenvalue weighted by molar-refractivity contribution is 6.32. The zero-order chi connectivity index (χ0) is 20.9. The summed E-state index contributed by atoms with van der Waals surface area (Å²) in [4.78, 5) is 33.7. The lowest BCUT2D eigenvalue weighted by atomic mass is 10.1. The van der Waals surface area contributed by atoms with E-state index in [1.165, 1.54) is 5.56 Å². The smallest absolute Gasteiger partial charge is 0.256 e. The van der Waals surface area contributed by atoms with Gasteiger partial charge >= 0.3 is 0 Å². The molecule has 5 nitrogen and oxygen atoms in total. The number of benzene rings is 2. The van der Waals surface area contributed by atoms with E-state index in [1.54, 1.807) is 17.2 Å². The van der Waals surface area contributed by atoms with E-state index in [1.807, 2.05) is 41.3 Å². The normalized spacial score (nSPS) is 14.2. The first-order valence-electron chi connectivity index (χ1n) is 10.3. The van der Waals surface area contributed by atoms with Crippen LogP contribution < -0.4 is 0 Å². The number of rotatable bonds is 5. The van der Waals surface area contributed by atoms with Gasteiger partial charge in [-0.15, -0.1) is 0 Å². The van der Waals surface area contributed by atoms with Crippen LogP contribution >= 0.6 is 11.6 Å². The Morgan fingerprint density at radius 2 is 1.67 bits per heavy atom. The van der Waals surface area contributed by atoms with Crippen LogP contribution in [-0.4, -0.2) is 52.8 Å². The van der Waals surface area contributed by atoms with Gasteiger partial charge in [0.25, 0.3) is 5.91 Å². The number of fused-ring (bicyclic) bond motifs is 1. The van der Waals surface area contributed by atoms with Crippen molar-refractivity contribution in [2.45, 2.75) is 19.3 Å². The van der Waals surface area contributed by atoms with Crippen molar-refractivity contribution in [2.75, 3.05) is 26.2 Å². The number of amides is 2. The Kier molecular flexibility index (Phi) is 6.29. The number of hydrogen-bond acceptors (Lipinski definition) is 3. The molecule has 0 radical (unpaired) electrons. The minimum atomic E-state index is -0.0858. The number of carbonyl (C=O) groups excluding carboxylic acids is 2. The monoisotopic (exact) mass is 421 g/mol. The Bertz CT molecular complexity index is 1050. The van der Waals surface area contributed by atoms with Crippen molar-refractivity contribution < 1.29 is 9.59 Å². The zero-order valence-electron chi connectivity index (χ0n) is 16.8. The zero-order valence-corrected chi connectivity index (χ0v) is 17.5. The van der Waals surface area contributed by atoms with Crippen molar-refractivity contribution in [1.82, 2.24) is 14.8 Å². The van der Waals surface area contributed by atoms with Crippen LogP contribution in [0.2, 0.25) is 5.02 Å². The standard InChI is InChI=1S/C24H24ClN3O2/c25-20-16-19-9-5-11-26-23(19)21(17-20)24(30)28-14-12-27(13-15-28)22(29)10-4-8-18-6-2-1-3-7-18/h1-3,5-7,9,11,16-17H,4,8,10,12-15H2. The van der Waals surface area contributed by atoms with Crippen molar-refractivity contribution in [3.05, 3.63) is 76.9 Å². The predicted octanol–water partition coefficient (Wildman–Crippen LogP) is 4.20. The largest absolute Gasteiger partial charge is 0.339 e. The maximum absolute atomic E-state index is 13.1. The van der Waals surface area contributed by atoms with Gasteiger partial charge in [-0.25, -0.2) is 0 Å². The average Bonchev–Trinajstić information content (AvgIpc) is 2.78. The molecule has 1 aliphatic rings. The molecule has 4 rings (SSSR count). The second kappa shape index (κ2) is 9.26. The first-order chi connectivity index (χ1) is 14.6. The molecule has 0 aliphatic carbocycles. The van der Waals surface area contributed by atoms with Gasteiger partial charge in [0.1, 0.15) is 0 Å². The summed E-state index contributed by atoms with van der Waals surface area (Å²) < 4.78 is 0. The molecule has 1 aromatic heterocycles. The summed E-state index contributed by atoms with van der Waals surface area (Å²) in [5.41, 5.74) is 2.43. The molecular weight excluding hydrogens is 398 g/mol. The third-order valence-electron chi connectivity index (χ3n) is 5.52. The summed E-state index contributed by atoms with van der Waals surface area (Å²) in [5.74, 6) is 0.0743. The molecule has 2 aromatic carbocycles. The van der Waals surface area contributed by atoms with Crippen LogP contribution in [-0.2, 0) is 11.2 Å². The van der Waals surface area contributed by atoms with E-state index in [0.29, 0.717) is 48.7 Å². The van der Waals surface area contributed by atoms with Gasteiger partial charge in [-0.3, -0.25) is 14.6 Å². The number of aryl methyl sites for hydroxylation is 1. The quantitative estimate of drug-likeness (QED) is 0.620. The maximum Gasteiger partial charge on any atom is 0.256 e. The summed E-state index contributed by atoms with van der Waals surface area (Å²) in [7, 11) is 0. The lowest BCUT2D eigenvalue weighted by Gasteiger charge is -2.35. The molecule has 6 heteroatoms. The summed E-state index contributed by atoms with van der Waals surface area (Å²) in [6.45, 7) is 2.15. The van der Waals surface area contributed by atoms with E-state index in [9.17, 15) is 9.59 Å². The molecule has 1 saturated heterocycles. The third-order valence-corrected chi connectivity index (χ3v) is 5.74. The van der Waals surface area contributed by atoms with Gasteiger partial charge in [0.15, 0.2) is 0 Å². The van der Waals surface area contributed by atoms with Gasteiger partial charge in [-0.05, 0) is 36.6 Å². The Morgan fingerprint density at radius 1 is 0.933 bits per heavy atom. The molecule has 0 saturated carbocycles. The number of nitrogens with zero attached hydrogens (tertiary/aromatic N) is 3. The lowest BCUT2D eigenvalue weighted by Crippen LogP contribution is -2.50. The van der Waals surface area contributed by atoms with E-state index in [2.05, 4.69) is 17.1 Å². The number of hydrogen-bond donors (Lipinski definition) is 0. The predicted molar refractivity (Wildman–Crippen MR) is 119 cm³/mol. The molecule has 1 fully saturated rings. The Labute approximate surface area is 181 Å². The molecule has 2 heterocycles. The van der Waals surface area contributed by atoms with Crippen molar-refractivity contribution in [3.8, 4) is 0 Å². The molecule has 0 bridgehead atoms. The van der Waals surface area contributed by atoms with Crippen molar-refractivity contribution in [1.29, 1.82) is 0 Å². The van der Waals surface area contributed by atoms with E-state index in [4.69, 9.17) is 11.6 Å². The molecule has 30 heavy (non-hydrogen) atoms. The molecule has 154 valence electrons. The summed E-state index contributed by atoms with van der Waals surface area (Å²) >= 11 is 6.21.